The predicted molar refractivity (Wildman–Crippen MR) is 187 cm³/mol. The molecule has 2 aliphatic carbocycles. The maximum Gasteiger partial charge on any atom is 0.364 e. The highest BCUT2D eigenvalue weighted by Crippen LogP contribution is 2.57. The first-order valence-electron chi connectivity index (χ1n) is 19.4. The zero-order valence-electron chi connectivity index (χ0n) is 32.9. The normalized spacial score (nSPS) is 49.8. The van der Waals surface area contributed by atoms with E-state index in [2.05, 4.69) is 10.6 Å². The molecule has 25 nitrogen and oxygen atoms in total. The summed E-state index contributed by atoms with van der Waals surface area (Å²) in [5.74, 6) is -11.4. The second-order valence-corrected chi connectivity index (χ2v) is 16.8. The average molecular weight is 873 g/mol. The number of ether oxygens (including phenoxy) is 7. The molecule has 15 N–H and O–H groups in total. The first-order valence-corrected chi connectivity index (χ1v) is 19.4. The van der Waals surface area contributed by atoms with Gasteiger partial charge < -0.3 is 110 Å². The monoisotopic (exact) mass is 872 g/mol. The van der Waals surface area contributed by atoms with Crippen molar-refractivity contribution in [2.75, 3.05) is 26.4 Å². The van der Waals surface area contributed by atoms with Gasteiger partial charge in [-0.2, -0.15) is 0 Å². The Kier molecular flexibility index (Phi) is 13.3. The average Bonchev–Trinajstić information content (AvgIpc) is 3.84. The van der Waals surface area contributed by atoms with Crippen molar-refractivity contribution in [3.63, 3.8) is 0 Å². The molecule has 0 bridgehead atoms. The van der Waals surface area contributed by atoms with E-state index in [1.165, 1.54) is 13.8 Å². The molecule has 4 saturated heterocycles. The largest absolute Gasteiger partial charge is 0.477 e. The Morgan fingerprint density at radius 2 is 1.53 bits per heavy atom. The van der Waals surface area contributed by atoms with E-state index in [0.29, 0.717) is 0 Å². The van der Waals surface area contributed by atoms with Crippen LogP contribution in [-0.4, -0.2) is 232 Å². The third kappa shape index (κ3) is 7.42. The number of fused-ring (bicyclic) bond motifs is 1. The van der Waals surface area contributed by atoms with Crippen molar-refractivity contribution in [3.8, 4) is 0 Å². The lowest BCUT2D eigenvalue weighted by Crippen LogP contribution is -2.76. The molecular formula is C35H56N2O23. The van der Waals surface area contributed by atoms with Crippen LogP contribution in [0.25, 0.3) is 0 Å². The number of rotatable bonds is 16. The lowest BCUT2D eigenvalue weighted by Gasteiger charge is -2.60. The minimum atomic E-state index is -2.96. The van der Waals surface area contributed by atoms with Crippen molar-refractivity contribution >= 4 is 17.8 Å². The molecule has 2 saturated carbocycles. The summed E-state index contributed by atoms with van der Waals surface area (Å²) in [7, 11) is 0. The number of aliphatic hydroxyl groups is 12. The van der Waals surface area contributed by atoms with Crippen LogP contribution in [0.1, 0.15) is 34.1 Å². The number of carboxylic acid groups (broad SMARTS) is 1. The number of amides is 2. The highest BCUT2D eigenvalue weighted by atomic mass is 16.9. The van der Waals surface area contributed by atoms with E-state index in [1.807, 2.05) is 0 Å². The van der Waals surface area contributed by atoms with Gasteiger partial charge in [-0.3, -0.25) is 9.59 Å². The second-order valence-electron chi connectivity index (χ2n) is 16.8. The van der Waals surface area contributed by atoms with Crippen molar-refractivity contribution in [1.29, 1.82) is 0 Å². The highest BCUT2D eigenvalue weighted by Gasteiger charge is 2.77. The summed E-state index contributed by atoms with van der Waals surface area (Å²) in [6.45, 7) is 1.54. The number of carbonyl (C=O) groups excluding carboxylic acids is 2. The smallest absolute Gasteiger partial charge is 0.364 e. The lowest BCUT2D eigenvalue weighted by molar-refractivity contribution is -0.389. The van der Waals surface area contributed by atoms with Gasteiger partial charge in [0.2, 0.25) is 17.6 Å². The Hall–Kier alpha value is -2.35. The van der Waals surface area contributed by atoms with Crippen LogP contribution in [0.2, 0.25) is 0 Å². The fourth-order valence-electron chi connectivity index (χ4n) is 9.72. The summed E-state index contributed by atoms with van der Waals surface area (Å²) >= 11 is 0. The van der Waals surface area contributed by atoms with Crippen LogP contribution in [0.5, 0.6) is 0 Å². The number of aliphatic hydroxyl groups excluding tert-OH is 12. The summed E-state index contributed by atoms with van der Waals surface area (Å²) in [6.07, 6.45) is -25.9. The molecule has 344 valence electrons. The zero-order valence-corrected chi connectivity index (χ0v) is 32.9. The number of aliphatic carboxylic acids is 1. The third-order valence-corrected chi connectivity index (χ3v) is 13.0. The number of hydrogen-bond acceptors (Lipinski definition) is 22. The Labute approximate surface area is 341 Å². The van der Waals surface area contributed by atoms with E-state index in [0.717, 1.165) is 13.8 Å². The van der Waals surface area contributed by atoms with E-state index in [4.69, 9.17) is 33.2 Å². The van der Waals surface area contributed by atoms with Crippen molar-refractivity contribution < 1.29 is 114 Å². The summed E-state index contributed by atoms with van der Waals surface area (Å²) in [6, 6.07) is -2.75. The van der Waals surface area contributed by atoms with Gasteiger partial charge in [0.25, 0.3) is 5.79 Å². The van der Waals surface area contributed by atoms with Gasteiger partial charge in [-0.1, -0.05) is 6.92 Å². The summed E-state index contributed by atoms with van der Waals surface area (Å²) in [4.78, 5) is 37.2. The van der Waals surface area contributed by atoms with Crippen LogP contribution < -0.4 is 10.6 Å². The third-order valence-electron chi connectivity index (χ3n) is 13.0. The fraction of sp³-hybridized carbons (Fsp3) is 0.914. The van der Waals surface area contributed by atoms with Crippen molar-refractivity contribution in [3.05, 3.63) is 0 Å². The summed E-state index contributed by atoms with van der Waals surface area (Å²) in [5, 5.41) is 144. The van der Waals surface area contributed by atoms with Crippen molar-refractivity contribution in [1.82, 2.24) is 10.6 Å². The van der Waals surface area contributed by atoms with E-state index < -0.39 is 189 Å². The maximum atomic E-state index is 12.9. The molecule has 6 rings (SSSR count). The van der Waals surface area contributed by atoms with Gasteiger partial charge in [-0.25, -0.2) is 4.79 Å². The van der Waals surface area contributed by atoms with Gasteiger partial charge in [0.15, 0.2) is 12.6 Å². The van der Waals surface area contributed by atoms with E-state index in [1.54, 1.807) is 0 Å². The Balaban J connectivity index is 1.23. The number of carboxylic acids is 1. The molecular weight excluding hydrogens is 816 g/mol. The van der Waals surface area contributed by atoms with Crippen LogP contribution in [0.4, 0.5) is 0 Å². The van der Waals surface area contributed by atoms with Crippen LogP contribution in [0.15, 0.2) is 0 Å². The maximum absolute atomic E-state index is 12.9. The Bertz CT molecular complexity index is 1600. The molecule has 0 aromatic rings. The molecule has 6 aliphatic rings. The van der Waals surface area contributed by atoms with Gasteiger partial charge in [0.05, 0.1) is 63.0 Å². The number of hydrogen-bond donors (Lipinski definition) is 15. The Morgan fingerprint density at radius 3 is 2.08 bits per heavy atom. The van der Waals surface area contributed by atoms with Crippen molar-refractivity contribution in [2.45, 2.75) is 155 Å². The second kappa shape index (κ2) is 17.0. The van der Waals surface area contributed by atoms with E-state index in [9.17, 15) is 80.8 Å². The van der Waals surface area contributed by atoms with Gasteiger partial charge in [-0.05, 0) is 6.92 Å². The SMILES string of the molecule is CC(=O)NC1C2C(O)[C@H](O[C@H](O)C(O)C3C(O[C@]4(C(=O)O)CC(O)[C@@H](NC(C)=O)C5(O[C@@H]5[C@H](O)CO)O4)[C@@H](O)C3(C)CO)C2(CO)O[C@H]1OC1C(O)[C@H](O)C(CO)O[C@@H]1C. The quantitative estimate of drug-likeness (QED) is 0.0506. The predicted octanol–water partition coefficient (Wildman–Crippen LogP) is -8.59. The first kappa shape index (κ1) is 47.1. The standard InChI is InChI=1S/C35H56N2O23/c1-10-23(22(49)19(46)15(7-39)54-10)55-30-18(36-11(2)42)16-20(47)28(33(16,9-41)59-30)56-29(51)21(48)17-24(26(50)32(17,4)8-40)57-34(31(52)53)5-13(44)25(37-12(3)43)35(60-34)27(58-35)14(45)6-38/h10,13-30,38-41,44-51H,5-9H2,1-4H3,(H,36,42)(H,37,43)(H,52,53)/t10-,13?,14-,15?,16?,17?,18?,19-,20?,21?,22?,23?,24?,25-,26-,27-,28+,29+,30-,32?,33?,34-,35?/m1/s1. The van der Waals surface area contributed by atoms with Gasteiger partial charge >= 0.3 is 5.97 Å². The van der Waals surface area contributed by atoms with Crippen LogP contribution >= 0.6 is 0 Å². The minimum Gasteiger partial charge on any atom is -0.477 e. The molecule has 4 heterocycles. The number of carbonyl (C=O) groups is 3. The summed E-state index contributed by atoms with van der Waals surface area (Å²) in [5.41, 5.74) is -3.75. The molecule has 0 radical (unpaired) electrons. The Morgan fingerprint density at radius 1 is 0.883 bits per heavy atom. The minimum absolute atomic E-state index is 0.632. The first-order chi connectivity index (χ1) is 28.0. The topological polar surface area (TPSA) is 406 Å². The molecule has 60 heavy (non-hydrogen) atoms. The molecule has 2 amide bonds. The highest BCUT2D eigenvalue weighted by molar-refractivity contribution is 5.77. The van der Waals surface area contributed by atoms with E-state index >= 15 is 0 Å². The van der Waals surface area contributed by atoms with Gasteiger partial charge in [0.1, 0.15) is 60.5 Å². The van der Waals surface area contributed by atoms with Gasteiger partial charge in [-0.15, -0.1) is 0 Å². The van der Waals surface area contributed by atoms with E-state index in [-0.39, 0.29) is 0 Å². The lowest BCUT2D eigenvalue weighted by atomic mass is 9.55. The van der Waals surface area contributed by atoms with Gasteiger partial charge in [0, 0.05) is 37.5 Å². The number of epoxide rings is 1. The fourth-order valence-corrected chi connectivity index (χ4v) is 9.72. The molecule has 0 aromatic carbocycles. The van der Waals surface area contributed by atoms with Crippen LogP contribution in [0.3, 0.4) is 0 Å². The van der Waals surface area contributed by atoms with Crippen LogP contribution in [0, 0.1) is 17.3 Å². The molecule has 4 aliphatic heterocycles. The molecule has 23 atom stereocenters. The molecule has 13 unspecified atom stereocenters. The molecule has 25 heteroatoms. The molecule has 1 spiro atoms. The summed E-state index contributed by atoms with van der Waals surface area (Å²) < 4.78 is 40.4. The van der Waals surface area contributed by atoms with Crippen molar-refractivity contribution in [2.24, 2.45) is 17.3 Å². The zero-order chi connectivity index (χ0) is 44.6. The number of nitrogens with one attached hydrogen (secondary N) is 2. The molecule has 0 aromatic heterocycles. The molecule has 6 fully saturated rings. The van der Waals surface area contributed by atoms with Crippen LogP contribution in [-0.2, 0) is 47.5 Å².